The van der Waals surface area contributed by atoms with Crippen LogP contribution in [0.4, 0.5) is 4.79 Å². The fourth-order valence-corrected chi connectivity index (χ4v) is 6.99. The summed E-state index contributed by atoms with van der Waals surface area (Å²) < 4.78 is 5.16. The molecule has 0 bridgehead atoms. The molecule has 23 nitrogen and oxygen atoms in total. The van der Waals surface area contributed by atoms with Crippen LogP contribution in [0.5, 0.6) is 0 Å². The summed E-state index contributed by atoms with van der Waals surface area (Å²) in [5, 5.41) is 9.10. The minimum absolute atomic E-state index is 0.0354. The third kappa shape index (κ3) is 22.7. The van der Waals surface area contributed by atoms with E-state index in [-0.39, 0.29) is 51.2 Å². The number of halogens is 2. The van der Waals surface area contributed by atoms with E-state index >= 15 is 0 Å². The number of H-pyrrole nitrogens is 4. The Hall–Kier alpha value is -5.55. The number of carbonyl (C=O) groups excluding carboxylic acids is 2. The van der Waals surface area contributed by atoms with Crippen molar-refractivity contribution >= 4 is 54.9 Å². The number of amides is 3. The summed E-state index contributed by atoms with van der Waals surface area (Å²) in [4.78, 5) is 119. The van der Waals surface area contributed by atoms with Crippen LogP contribution in [0.3, 0.4) is 0 Å². The second-order valence-electron chi connectivity index (χ2n) is 14.3. The summed E-state index contributed by atoms with van der Waals surface area (Å²) >= 11 is 1.77. The molecule has 0 saturated carbocycles. The third-order valence-corrected chi connectivity index (χ3v) is 10.5. The van der Waals surface area contributed by atoms with Gasteiger partial charge in [0.05, 0.1) is 28.8 Å². The van der Waals surface area contributed by atoms with E-state index in [0.29, 0.717) is 41.5 Å². The standard InChI is InChI=1S/C18H25N5O4S.C8H11N3O2.C6H8N2O2.C5H5N2O2.C3H9N.2ClH.Pd/c1-23-9-11(16(25)22-18(23)27)5-4-8-19-14(24)7-3-2-6-13-15-12(10-28-13)20-17(26)21-15;1-11-5-6(3-2-4-9)7(12)10-8(11)13;1-4-3-8(2)6(10)7-5(4)9;1-7-3-2-4(8)6-5(7)9;1-2-3-4;;;/h4-5,9,12-13,15H,2-3,6-8,10H2,1H3,(H,19,24)(H2,20,21,26)(H,22,25,27);2-3,5H,4,9H2,1H3,(H,10,12,13);3H,1-2H3,(H,7,9,10);3H,1H3,(H,6,8,9);2-4H2,1H3;2*1H;/q;;;-1;;;;+2/p-2/b5-4+;3-2+;;;;;;. The number of rotatable bonds is 11. The van der Waals surface area contributed by atoms with Crippen LogP contribution in [0.25, 0.3) is 12.2 Å². The van der Waals surface area contributed by atoms with Crippen LogP contribution in [0.1, 0.15) is 55.7 Å². The molecule has 4 aromatic rings. The van der Waals surface area contributed by atoms with Crippen LogP contribution in [0.15, 0.2) is 75.3 Å². The van der Waals surface area contributed by atoms with Crippen LogP contribution in [0.2, 0.25) is 0 Å². The summed E-state index contributed by atoms with van der Waals surface area (Å²) in [6.45, 7) is 5.21. The van der Waals surface area contributed by atoms with Crippen molar-refractivity contribution in [2.24, 2.45) is 39.7 Å². The number of thioether (sulfide) groups is 1. The van der Waals surface area contributed by atoms with E-state index in [1.807, 2.05) is 16.7 Å². The summed E-state index contributed by atoms with van der Waals surface area (Å²) in [6, 6.07) is 2.65. The molecule has 2 aliphatic heterocycles. The molecule has 67 heavy (non-hydrogen) atoms. The Labute approximate surface area is 404 Å². The predicted molar refractivity (Wildman–Crippen MR) is 258 cm³/mol. The molecule has 11 N–H and O–H groups in total. The molecule has 27 heteroatoms. The number of aromatic amines is 4. The van der Waals surface area contributed by atoms with Gasteiger partial charge < -0.3 is 61.5 Å². The van der Waals surface area contributed by atoms with E-state index in [9.17, 15) is 47.9 Å². The summed E-state index contributed by atoms with van der Waals surface area (Å²) in [7, 11) is 15.9. The zero-order valence-electron chi connectivity index (χ0n) is 37.7. The van der Waals surface area contributed by atoms with Crippen molar-refractivity contribution in [3.63, 3.8) is 0 Å². The van der Waals surface area contributed by atoms with Crippen molar-refractivity contribution in [1.82, 2.24) is 54.2 Å². The van der Waals surface area contributed by atoms with Crippen molar-refractivity contribution in [3.05, 3.63) is 143 Å². The fraction of sp³-hybridized carbons (Fsp3) is 0.450. The summed E-state index contributed by atoms with van der Waals surface area (Å²) in [5.41, 5.74) is 8.25. The molecular formula is C40H58Cl2N13O10PdS-. The Balaban J connectivity index is 0.000000476. The Morgan fingerprint density at radius 3 is 1.79 bits per heavy atom. The number of carbonyl (C=O) groups is 2. The SMILES string of the molecule is CCCN.Cc1cn(C)c(=O)[nH]c1=O.Cn1c[c-]c(=O)[nH]c1=O.Cn1cc(/C=C/CN)c(=O)[nH]c1=O.Cn1cc(/C=C/CNC(=O)CCCCC2SCC3NC(=O)NC32)c(=O)[nH]c1=O.[Cl][Pd][Cl]. The number of nitrogens with two attached hydrogens (primary N) is 2. The van der Waals surface area contributed by atoms with Crippen LogP contribution in [-0.2, 0) is 48.9 Å². The Bertz CT molecular complexity index is 2710. The molecule has 3 unspecified atom stereocenters. The normalized spacial score (nSPS) is 15.4. The van der Waals surface area contributed by atoms with Gasteiger partial charge in [0.2, 0.25) is 5.91 Å². The quantitative estimate of drug-likeness (QED) is 0.0376. The predicted octanol–water partition coefficient (Wildman–Crippen LogP) is -1.04. The van der Waals surface area contributed by atoms with Gasteiger partial charge in [0.25, 0.3) is 16.7 Å². The second-order valence-corrected chi connectivity index (χ2v) is 17.9. The van der Waals surface area contributed by atoms with Crippen molar-refractivity contribution in [1.29, 1.82) is 0 Å². The van der Waals surface area contributed by atoms with Crippen LogP contribution < -0.4 is 72.4 Å². The van der Waals surface area contributed by atoms with E-state index in [2.05, 4.69) is 43.9 Å². The monoisotopic (exact) mass is 1090 g/mol. The first-order valence-corrected chi connectivity index (χ1v) is 25.3. The minimum atomic E-state index is -0.488. The molecule has 6 heterocycles. The van der Waals surface area contributed by atoms with E-state index in [0.717, 1.165) is 38.0 Å². The number of fused-ring (bicyclic) bond motifs is 1. The van der Waals surface area contributed by atoms with E-state index < -0.39 is 33.7 Å². The topological polar surface area (TPSA) is 342 Å². The molecule has 2 saturated heterocycles. The van der Waals surface area contributed by atoms with Gasteiger partial charge in [0, 0.05) is 82.9 Å². The van der Waals surface area contributed by atoms with Crippen LogP contribution in [0, 0.1) is 13.0 Å². The molecule has 0 spiro atoms. The number of hydrogen-bond acceptors (Lipinski definition) is 13. The number of hydrogen-bond donors (Lipinski definition) is 9. The number of urea groups is 1. The molecule has 0 radical (unpaired) electrons. The average molecular weight is 1090 g/mol. The maximum atomic E-state index is 11.9. The number of nitrogens with zero attached hydrogens (tertiary/aromatic N) is 4. The summed E-state index contributed by atoms with van der Waals surface area (Å²) in [6.07, 6.45) is 16.5. The van der Waals surface area contributed by atoms with Crippen LogP contribution >= 0.6 is 30.8 Å². The first-order valence-electron chi connectivity index (χ1n) is 20.3. The second kappa shape index (κ2) is 32.2. The molecule has 0 aliphatic carbocycles. The van der Waals surface area contributed by atoms with E-state index in [1.54, 1.807) is 52.4 Å². The van der Waals surface area contributed by atoms with Crippen molar-refractivity contribution in [2.75, 3.05) is 25.4 Å². The van der Waals surface area contributed by atoms with Gasteiger partial charge in [-0.3, -0.25) is 34.1 Å². The Kier molecular flexibility index (Phi) is 28.6. The molecule has 2 fully saturated rings. The first kappa shape index (κ1) is 59.5. The molecule has 3 amide bonds. The van der Waals surface area contributed by atoms with Crippen molar-refractivity contribution in [3.8, 4) is 0 Å². The van der Waals surface area contributed by atoms with Gasteiger partial charge in [-0.15, -0.1) is 0 Å². The average Bonchev–Trinajstić information content (AvgIpc) is 3.84. The van der Waals surface area contributed by atoms with Crippen molar-refractivity contribution in [2.45, 2.75) is 63.3 Å². The molecule has 6 rings (SSSR count). The Morgan fingerprint density at radius 2 is 1.30 bits per heavy atom. The van der Waals surface area contributed by atoms with E-state index in [4.69, 9.17) is 30.5 Å². The van der Waals surface area contributed by atoms with Gasteiger partial charge in [-0.2, -0.15) is 18.0 Å². The molecule has 3 atom stereocenters. The van der Waals surface area contributed by atoms with Gasteiger partial charge in [-0.1, -0.05) is 37.6 Å². The number of nitrogens with one attached hydrogen (secondary N) is 7. The summed E-state index contributed by atoms with van der Waals surface area (Å²) in [5.74, 6) is 0.908. The van der Waals surface area contributed by atoms with Gasteiger partial charge in [-0.25, -0.2) is 24.0 Å². The maximum absolute atomic E-state index is 11.9. The van der Waals surface area contributed by atoms with Crippen molar-refractivity contribution < 1.29 is 25.5 Å². The van der Waals surface area contributed by atoms with Gasteiger partial charge in [0.1, 0.15) is 0 Å². The molecular weight excluding hydrogens is 1030 g/mol. The molecule has 2 aliphatic rings. The molecule has 4 aromatic heterocycles. The zero-order valence-corrected chi connectivity index (χ0v) is 41.6. The van der Waals surface area contributed by atoms with Gasteiger partial charge in [0.15, 0.2) is 0 Å². The van der Waals surface area contributed by atoms with E-state index in [1.165, 1.54) is 50.1 Å². The van der Waals surface area contributed by atoms with Crippen LogP contribution in [-0.4, -0.2) is 92.9 Å². The zero-order chi connectivity index (χ0) is 50.6. The molecule has 374 valence electrons. The Morgan fingerprint density at radius 1 is 0.791 bits per heavy atom. The van der Waals surface area contributed by atoms with Gasteiger partial charge >= 0.3 is 63.8 Å². The number of aryl methyl sites for hydroxylation is 5. The van der Waals surface area contributed by atoms with Gasteiger partial charge in [-0.05, 0) is 32.7 Å². The number of unbranched alkanes of at least 4 members (excludes halogenated alkanes) is 1. The first-order chi connectivity index (χ1) is 31.7. The molecule has 0 aromatic carbocycles. The fourth-order valence-electron chi connectivity index (χ4n) is 5.45. The third-order valence-electron chi connectivity index (χ3n) is 9.01. The number of aromatic nitrogens is 8.